The van der Waals surface area contributed by atoms with Gasteiger partial charge >= 0.3 is 0 Å². The molecule has 0 saturated heterocycles. The maximum absolute atomic E-state index is 9.76. The summed E-state index contributed by atoms with van der Waals surface area (Å²) in [5.41, 5.74) is 0. The van der Waals surface area contributed by atoms with Gasteiger partial charge in [0.1, 0.15) is 6.10 Å². The zero-order valence-corrected chi connectivity index (χ0v) is 19.7. The van der Waals surface area contributed by atoms with Crippen LogP contribution in [-0.4, -0.2) is 43.0 Å². The van der Waals surface area contributed by atoms with Crippen LogP contribution in [0.5, 0.6) is 0 Å². The predicted octanol–water partition coefficient (Wildman–Crippen LogP) is 7.04. The number of halogens is 1. The Labute approximate surface area is 178 Å². The summed E-state index contributed by atoms with van der Waals surface area (Å²) in [5.74, 6) is 0. The lowest BCUT2D eigenvalue weighted by Crippen LogP contribution is -2.22. The lowest BCUT2D eigenvalue weighted by molar-refractivity contribution is -0.0198. The highest BCUT2D eigenvalue weighted by Gasteiger charge is 2.04. The third kappa shape index (κ3) is 24.3. The van der Waals surface area contributed by atoms with Crippen molar-refractivity contribution in [3.63, 3.8) is 0 Å². The van der Waals surface area contributed by atoms with Crippen LogP contribution in [0.2, 0.25) is 0 Å². The standard InChI is InChI=1S/C23H47BrO3/c1-2-3-4-5-6-7-8-9-10-11-12-13-14-16-19-26-21-23(25)22-27-20-17-15-18-24/h23,25H,2-22H2,1H3. The molecule has 0 aliphatic carbocycles. The number of ether oxygens (including phenoxy) is 2. The largest absolute Gasteiger partial charge is 0.388 e. The fraction of sp³-hybridized carbons (Fsp3) is 1.00. The molecular weight excluding hydrogens is 404 g/mol. The van der Waals surface area contributed by atoms with Gasteiger partial charge in [0.25, 0.3) is 0 Å². The van der Waals surface area contributed by atoms with Crippen molar-refractivity contribution in [1.82, 2.24) is 0 Å². The van der Waals surface area contributed by atoms with E-state index < -0.39 is 6.10 Å². The first kappa shape index (κ1) is 27.4. The van der Waals surface area contributed by atoms with Gasteiger partial charge < -0.3 is 14.6 Å². The van der Waals surface area contributed by atoms with E-state index >= 15 is 0 Å². The fourth-order valence-electron chi connectivity index (χ4n) is 3.18. The van der Waals surface area contributed by atoms with E-state index in [1.165, 1.54) is 83.5 Å². The van der Waals surface area contributed by atoms with E-state index in [-0.39, 0.29) is 0 Å². The zero-order valence-electron chi connectivity index (χ0n) is 18.1. The first-order valence-electron chi connectivity index (χ1n) is 11.7. The zero-order chi connectivity index (χ0) is 19.8. The lowest BCUT2D eigenvalue weighted by atomic mass is 10.0. The van der Waals surface area contributed by atoms with E-state index in [0.717, 1.165) is 37.8 Å². The summed E-state index contributed by atoms with van der Waals surface area (Å²) in [6, 6.07) is 0. The SMILES string of the molecule is CCCCCCCCCCCCCCCCOCC(O)COCCCCBr. The molecule has 1 unspecified atom stereocenters. The number of unbranched alkanes of at least 4 members (excludes halogenated alkanes) is 14. The number of alkyl halides is 1. The van der Waals surface area contributed by atoms with E-state index in [9.17, 15) is 5.11 Å². The molecule has 0 heterocycles. The van der Waals surface area contributed by atoms with E-state index in [0.29, 0.717) is 13.2 Å². The van der Waals surface area contributed by atoms with Gasteiger partial charge in [-0.05, 0) is 19.3 Å². The molecule has 0 radical (unpaired) electrons. The summed E-state index contributed by atoms with van der Waals surface area (Å²) < 4.78 is 11.0. The first-order chi connectivity index (χ1) is 13.3. The van der Waals surface area contributed by atoms with Crippen molar-refractivity contribution in [3.8, 4) is 0 Å². The van der Waals surface area contributed by atoms with Crippen LogP contribution in [-0.2, 0) is 9.47 Å². The molecule has 0 aliphatic rings. The maximum atomic E-state index is 9.76. The van der Waals surface area contributed by atoms with Gasteiger partial charge in [0.15, 0.2) is 0 Å². The topological polar surface area (TPSA) is 38.7 Å². The summed E-state index contributed by atoms with van der Waals surface area (Å²) in [5, 5.41) is 10.8. The first-order valence-corrected chi connectivity index (χ1v) is 12.8. The van der Waals surface area contributed by atoms with Crippen molar-refractivity contribution < 1.29 is 14.6 Å². The van der Waals surface area contributed by atoms with E-state index in [1.807, 2.05) is 0 Å². The van der Waals surface area contributed by atoms with Crippen molar-refractivity contribution in [2.24, 2.45) is 0 Å². The smallest absolute Gasteiger partial charge is 0.101 e. The number of aliphatic hydroxyl groups is 1. The highest BCUT2D eigenvalue weighted by molar-refractivity contribution is 9.09. The van der Waals surface area contributed by atoms with Gasteiger partial charge in [-0.15, -0.1) is 0 Å². The van der Waals surface area contributed by atoms with Crippen molar-refractivity contribution in [2.45, 2.75) is 116 Å². The molecule has 0 fully saturated rings. The van der Waals surface area contributed by atoms with Crippen molar-refractivity contribution in [2.75, 3.05) is 31.8 Å². The summed E-state index contributed by atoms with van der Waals surface area (Å²) in [4.78, 5) is 0. The Morgan fingerprint density at radius 1 is 0.593 bits per heavy atom. The third-order valence-corrected chi connectivity index (χ3v) is 5.50. The second-order valence-corrected chi connectivity index (χ2v) is 8.59. The monoisotopic (exact) mass is 450 g/mol. The van der Waals surface area contributed by atoms with Crippen LogP contribution in [0.3, 0.4) is 0 Å². The molecule has 0 amide bonds. The van der Waals surface area contributed by atoms with Gasteiger partial charge in [0, 0.05) is 18.5 Å². The quantitative estimate of drug-likeness (QED) is 0.134. The van der Waals surface area contributed by atoms with Crippen LogP contribution < -0.4 is 0 Å². The molecule has 0 aromatic carbocycles. The lowest BCUT2D eigenvalue weighted by Gasteiger charge is -2.11. The van der Waals surface area contributed by atoms with Gasteiger partial charge in [-0.3, -0.25) is 0 Å². The summed E-state index contributed by atoms with van der Waals surface area (Å²) in [7, 11) is 0. The van der Waals surface area contributed by atoms with Crippen LogP contribution >= 0.6 is 15.9 Å². The van der Waals surface area contributed by atoms with Gasteiger partial charge in [-0.2, -0.15) is 0 Å². The minimum absolute atomic E-state index is 0.390. The minimum Gasteiger partial charge on any atom is -0.388 e. The van der Waals surface area contributed by atoms with E-state index in [2.05, 4.69) is 22.9 Å². The Morgan fingerprint density at radius 3 is 1.37 bits per heavy atom. The molecule has 0 bridgehead atoms. The van der Waals surface area contributed by atoms with Gasteiger partial charge in [0.2, 0.25) is 0 Å². The predicted molar refractivity (Wildman–Crippen MR) is 121 cm³/mol. The molecule has 164 valence electrons. The third-order valence-electron chi connectivity index (χ3n) is 4.94. The normalized spacial score (nSPS) is 12.6. The Morgan fingerprint density at radius 2 is 0.963 bits per heavy atom. The van der Waals surface area contributed by atoms with Crippen molar-refractivity contribution in [1.29, 1.82) is 0 Å². The van der Waals surface area contributed by atoms with Gasteiger partial charge in [0.05, 0.1) is 13.2 Å². The Hall–Kier alpha value is 0.360. The molecule has 0 spiro atoms. The number of hydrogen-bond donors (Lipinski definition) is 1. The second-order valence-electron chi connectivity index (χ2n) is 7.80. The highest BCUT2D eigenvalue weighted by atomic mass is 79.9. The Balaban J connectivity index is 3.08. The molecule has 1 atom stereocenters. The molecule has 4 heteroatoms. The second kappa shape index (κ2) is 24.4. The van der Waals surface area contributed by atoms with Crippen LogP contribution in [0.1, 0.15) is 110 Å². The Bertz CT molecular complexity index is 264. The van der Waals surface area contributed by atoms with E-state index in [4.69, 9.17) is 9.47 Å². The molecule has 0 aromatic heterocycles. The number of aliphatic hydroxyl groups excluding tert-OH is 1. The minimum atomic E-state index is -0.486. The van der Waals surface area contributed by atoms with Crippen LogP contribution in [0, 0.1) is 0 Å². The van der Waals surface area contributed by atoms with Crippen molar-refractivity contribution in [3.05, 3.63) is 0 Å². The summed E-state index contributed by atoms with van der Waals surface area (Å²) in [6.45, 7) is 4.56. The maximum Gasteiger partial charge on any atom is 0.101 e. The number of hydrogen-bond acceptors (Lipinski definition) is 3. The molecule has 0 aromatic rings. The van der Waals surface area contributed by atoms with Crippen molar-refractivity contribution >= 4 is 15.9 Å². The molecule has 0 saturated carbocycles. The number of rotatable bonds is 23. The molecule has 1 N–H and O–H groups in total. The highest BCUT2D eigenvalue weighted by Crippen LogP contribution is 2.12. The fourth-order valence-corrected chi connectivity index (χ4v) is 3.58. The van der Waals surface area contributed by atoms with Crippen LogP contribution in [0.25, 0.3) is 0 Å². The molecule has 27 heavy (non-hydrogen) atoms. The van der Waals surface area contributed by atoms with Crippen LogP contribution in [0.15, 0.2) is 0 Å². The average molecular weight is 452 g/mol. The van der Waals surface area contributed by atoms with Gasteiger partial charge in [-0.1, -0.05) is 106 Å². The van der Waals surface area contributed by atoms with Gasteiger partial charge in [-0.25, -0.2) is 0 Å². The Kier molecular flexibility index (Phi) is 24.7. The summed E-state index contributed by atoms with van der Waals surface area (Å²) >= 11 is 3.40. The van der Waals surface area contributed by atoms with E-state index in [1.54, 1.807) is 0 Å². The molecule has 0 rings (SSSR count). The molecule has 0 aliphatic heterocycles. The van der Waals surface area contributed by atoms with Crippen LogP contribution in [0.4, 0.5) is 0 Å². The summed E-state index contributed by atoms with van der Waals surface area (Å²) in [6.07, 6.45) is 20.9. The molecule has 3 nitrogen and oxygen atoms in total. The average Bonchev–Trinajstić information content (AvgIpc) is 2.67. The molecular formula is C23H47BrO3.